The van der Waals surface area contributed by atoms with Gasteiger partial charge >= 0.3 is 0 Å². The normalized spacial score (nSPS) is 31.8. The summed E-state index contributed by atoms with van der Waals surface area (Å²) < 4.78 is 0. The van der Waals surface area contributed by atoms with E-state index >= 15 is 0 Å². The third kappa shape index (κ3) is 1.60. The number of aliphatic hydroxyl groups is 1. The summed E-state index contributed by atoms with van der Waals surface area (Å²) in [4.78, 5) is 11.2. The van der Waals surface area contributed by atoms with E-state index in [0.717, 1.165) is 0 Å². The lowest BCUT2D eigenvalue weighted by Gasteiger charge is -2.18. The molecule has 2 N–H and O–H groups in total. The summed E-state index contributed by atoms with van der Waals surface area (Å²) in [7, 11) is 0. The average molecular weight is 157 g/mol. The van der Waals surface area contributed by atoms with Crippen LogP contribution in [0.1, 0.15) is 13.8 Å². The molecule has 0 bridgehead atoms. The van der Waals surface area contributed by atoms with Crippen LogP contribution in [0.4, 0.5) is 0 Å². The van der Waals surface area contributed by atoms with Crippen LogP contribution in [0.15, 0.2) is 0 Å². The molecule has 64 valence electrons. The molecule has 0 aromatic carbocycles. The summed E-state index contributed by atoms with van der Waals surface area (Å²) in [6.45, 7) is 4.51. The molecule has 0 saturated carbocycles. The van der Waals surface area contributed by atoms with Crippen molar-refractivity contribution >= 4 is 5.78 Å². The number of hydrogen-bond donors (Lipinski definition) is 2. The molecule has 0 amide bonds. The van der Waals surface area contributed by atoms with E-state index in [1.54, 1.807) is 0 Å². The molecule has 3 nitrogen and oxygen atoms in total. The first-order valence-electron chi connectivity index (χ1n) is 4.03. The zero-order valence-corrected chi connectivity index (χ0v) is 7.00. The highest BCUT2D eigenvalue weighted by Crippen LogP contribution is 2.20. The van der Waals surface area contributed by atoms with Gasteiger partial charge in [0.2, 0.25) is 0 Å². The van der Waals surface area contributed by atoms with Crippen LogP contribution in [0.2, 0.25) is 0 Å². The molecule has 3 heteroatoms. The maximum atomic E-state index is 11.2. The van der Waals surface area contributed by atoms with Gasteiger partial charge in [-0.25, -0.2) is 0 Å². The Morgan fingerprint density at radius 3 is 2.73 bits per heavy atom. The molecule has 0 spiro atoms. The number of Topliss-reactive ketones (excluding diaryl/α,β-unsaturated/α-hetero) is 1. The fraction of sp³-hybridized carbons (Fsp3) is 0.875. The molecule has 0 aliphatic carbocycles. The monoisotopic (exact) mass is 157 g/mol. The van der Waals surface area contributed by atoms with Gasteiger partial charge in [-0.15, -0.1) is 0 Å². The predicted octanol–water partition coefficient (Wildman–Crippen LogP) is -0.208. The van der Waals surface area contributed by atoms with Gasteiger partial charge in [-0.2, -0.15) is 0 Å². The van der Waals surface area contributed by atoms with Gasteiger partial charge in [-0.05, 0) is 5.92 Å². The molecule has 1 fully saturated rings. The Kier molecular flexibility index (Phi) is 2.62. The highest BCUT2D eigenvalue weighted by atomic mass is 16.3. The van der Waals surface area contributed by atoms with Crippen LogP contribution in [-0.4, -0.2) is 30.1 Å². The summed E-state index contributed by atoms with van der Waals surface area (Å²) in [6.07, 6.45) is 0. The van der Waals surface area contributed by atoms with Gasteiger partial charge in [0.25, 0.3) is 0 Å². The SMILES string of the molecule is CC(C)[C@H]1C(=O)CN[C@@H]1CO. The van der Waals surface area contributed by atoms with E-state index in [2.05, 4.69) is 5.32 Å². The van der Waals surface area contributed by atoms with Gasteiger partial charge in [-0.1, -0.05) is 13.8 Å². The number of carbonyl (C=O) groups is 1. The Bertz CT molecular complexity index is 156. The minimum Gasteiger partial charge on any atom is -0.395 e. The molecule has 2 atom stereocenters. The molecule has 1 rings (SSSR count). The quantitative estimate of drug-likeness (QED) is 0.583. The van der Waals surface area contributed by atoms with Crippen LogP contribution in [0.3, 0.4) is 0 Å². The van der Waals surface area contributed by atoms with Crippen molar-refractivity contribution in [2.24, 2.45) is 11.8 Å². The summed E-state index contributed by atoms with van der Waals surface area (Å²) >= 11 is 0. The predicted molar refractivity (Wildman–Crippen MR) is 42.2 cm³/mol. The topological polar surface area (TPSA) is 49.3 Å². The number of hydrogen-bond acceptors (Lipinski definition) is 3. The second-order valence-electron chi connectivity index (χ2n) is 3.41. The molecule has 0 radical (unpaired) electrons. The lowest BCUT2D eigenvalue weighted by Crippen LogP contribution is -2.33. The third-order valence-corrected chi connectivity index (χ3v) is 2.26. The highest BCUT2D eigenvalue weighted by molar-refractivity contribution is 5.86. The maximum absolute atomic E-state index is 11.2. The summed E-state index contributed by atoms with van der Waals surface area (Å²) in [5.41, 5.74) is 0. The van der Waals surface area contributed by atoms with Gasteiger partial charge < -0.3 is 10.4 Å². The minimum atomic E-state index is -0.0116. The largest absolute Gasteiger partial charge is 0.395 e. The highest BCUT2D eigenvalue weighted by Gasteiger charge is 2.35. The van der Waals surface area contributed by atoms with E-state index in [1.807, 2.05) is 13.8 Å². The molecule has 1 aliphatic heterocycles. The fourth-order valence-electron chi connectivity index (χ4n) is 1.72. The second kappa shape index (κ2) is 3.32. The number of rotatable bonds is 2. The number of ketones is 1. The van der Waals surface area contributed by atoms with Crippen LogP contribution < -0.4 is 5.32 Å². The Hall–Kier alpha value is -0.410. The Morgan fingerprint density at radius 2 is 2.36 bits per heavy atom. The van der Waals surface area contributed by atoms with Crippen molar-refractivity contribution in [2.75, 3.05) is 13.2 Å². The van der Waals surface area contributed by atoms with E-state index in [4.69, 9.17) is 5.11 Å². The molecule has 1 saturated heterocycles. The van der Waals surface area contributed by atoms with Gasteiger partial charge in [-0.3, -0.25) is 4.79 Å². The lowest BCUT2D eigenvalue weighted by molar-refractivity contribution is -0.121. The van der Waals surface area contributed by atoms with Crippen molar-refractivity contribution in [1.82, 2.24) is 5.32 Å². The fourth-order valence-corrected chi connectivity index (χ4v) is 1.72. The van der Waals surface area contributed by atoms with Crippen molar-refractivity contribution in [2.45, 2.75) is 19.9 Å². The minimum absolute atomic E-state index is 0.0116. The molecule has 0 aromatic heterocycles. The first-order chi connectivity index (χ1) is 5.16. The smallest absolute Gasteiger partial charge is 0.151 e. The average Bonchev–Trinajstić information content (AvgIpc) is 2.30. The zero-order chi connectivity index (χ0) is 8.43. The van der Waals surface area contributed by atoms with Crippen molar-refractivity contribution < 1.29 is 9.90 Å². The van der Waals surface area contributed by atoms with Crippen molar-refractivity contribution in [3.05, 3.63) is 0 Å². The van der Waals surface area contributed by atoms with Crippen LogP contribution in [0, 0.1) is 11.8 Å². The standard InChI is InChI=1S/C8H15NO2/c1-5(2)8-6(4-10)9-3-7(8)11/h5-6,8-10H,3-4H2,1-2H3/t6-,8-/m1/s1. The first-order valence-corrected chi connectivity index (χ1v) is 4.03. The molecular weight excluding hydrogens is 142 g/mol. The van der Waals surface area contributed by atoms with E-state index in [0.29, 0.717) is 12.5 Å². The van der Waals surface area contributed by atoms with E-state index < -0.39 is 0 Å². The van der Waals surface area contributed by atoms with Crippen LogP contribution in [0.25, 0.3) is 0 Å². The van der Waals surface area contributed by atoms with Gasteiger partial charge in [0.1, 0.15) is 0 Å². The van der Waals surface area contributed by atoms with E-state index in [9.17, 15) is 4.79 Å². The van der Waals surface area contributed by atoms with Gasteiger partial charge in [0.05, 0.1) is 13.2 Å². The first kappa shape index (κ1) is 8.68. The molecule has 0 aromatic rings. The lowest BCUT2D eigenvalue weighted by atomic mass is 9.88. The van der Waals surface area contributed by atoms with Gasteiger partial charge in [0, 0.05) is 12.0 Å². The Balaban J connectivity index is 2.63. The van der Waals surface area contributed by atoms with Crippen LogP contribution in [0.5, 0.6) is 0 Å². The summed E-state index contributed by atoms with van der Waals surface area (Å²) in [6, 6.07) is -0.0116. The van der Waals surface area contributed by atoms with Crippen LogP contribution in [-0.2, 0) is 4.79 Å². The van der Waals surface area contributed by atoms with Crippen molar-refractivity contribution in [3.8, 4) is 0 Å². The maximum Gasteiger partial charge on any atom is 0.151 e. The zero-order valence-electron chi connectivity index (χ0n) is 7.00. The van der Waals surface area contributed by atoms with Crippen LogP contribution >= 0.6 is 0 Å². The van der Waals surface area contributed by atoms with Gasteiger partial charge in [0.15, 0.2) is 5.78 Å². The molecular formula is C8H15NO2. The van der Waals surface area contributed by atoms with E-state index in [-0.39, 0.29) is 24.3 Å². The number of nitrogens with one attached hydrogen (secondary N) is 1. The molecule has 0 unspecified atom stereocenters. The second-order valence-corrected chi connectivity index (χ2v) is 3.41. The molecule has 1 heterocycles. The number of carbonyl (C=O) groups excluding carboxylic acids is 1. The van der Waals surface area contributed by atoms with E-state index in [1.165, 1.54) is 0 Å². The van der Waals surface area contributed by atoms with Crippen molar-refractivity contribution in [1.29, 1.82) is 0 Å². The summed E-state index contributed by atoms with van der Waals surface area (Å²) in [5, 5.41) is 11.9. The Morgan fingerprint density at radius 1 is 1.73 bits per heavy atom. The van der Waals surface area contributed by atoms with Crippen molar-refractivity contribution in [3.63, 3.8) is 0 Å². The Labute approximate surface area is 66.8 Å². The molecule has 11 heavy (non-hydrogen) atoms. The summed E-state index contributed by atoms with van der Waals surface area (Å²) in [5.74, 6) is 0.577. The molecule has 1 aliphatic rings. The number of aliphatic hydroxyl groups excluding tert-OH is 1. The third-order valence-electron chi connectivity index (χ3n) is 2.26.